The molecule has 0 aromatic heterocycles. The van der Waals surface area contributed by atoms with E-state index in [1.165, 1.54) is 36.4 Å². The van der Waals surface area contributed by atoms with Gasteiger partial charge in [0.15, 0.2) is 23.1 Å². The fourth-order valence-electron chi connectivity index (χ4n) is 2.69. The number of hydrogen-bond donors (Lipinski definition) is 1. The highest BCUT2D eigenvalue weighted by Gasteiger charge is 2.31. The van der Waals surface area contributed by atoms with Crippen LogP contribution in [0.2, 0.25) is 0 Å². The van der Waals surface area contributed by atoms with Crippen LogP contribution in [0.3, 0.4) is 0 Å². The quantitative estimate of drug-likeness (QED) is 0.249. The number of ether oxygens (including phenoxy) is 1. The van der Waals surface area contributed by atoms with Gasteiger partial charge in [-0.25, -0.2) is 13.3 Å². The van der Waals surface area contributed by atoms with Crippen LogP contribution in [-0.4, -0.2) is 6.61 Å². The summed E-state index contributed by atoms with van der Waals surface area (Å²) in [5.74, 6) is -1.37. The van der Waals surface area contributed by atoms with Gasteiger partial charge in [0.25, 0.3) is 0 Å². The van der Waals surface area contributed by atoms with Crippen molar-refractivity contribution < 1.29 is 27.1 Å². The first-order valence-corrected chi connectivity index (χ1v) is 11.5. The van der Waals surface area contributed by atoms with Gasteiger partial charge in [-0.05, 0) is 55.0 Å². The molecule has 0 atom stereocenters. The van der Waals surface area contributed by atoms with Crippen LogP contribution in [-0.2, 0) is 4.57 Å². The maximum absolute atomic E-state index is 14.1. The zero-order valence-electron chi connectivity index (χ0n) is 17.1. The largest absolute Gasteiger partial charge is 0.541 e. The van der Waals surface area contributed by atoms with E-state index in [0.717, 1.165) is 31.4 Å². The molecule has 0 heterocycles. The summed E-state index contributed by atoms with van der Waals surface area (Å²) in [6.45, 7) is 2.72. The van der Waals surface area contributed by atoms with E-state index in [1.807, 2.05) is 0 Å². The highest BCUT2D eigenvalue weighted by atomic mass is 31.2. The number of rotatable bonds is 11. The molecule has 0 saturated carbocycles. The first kappa shape index (κ1) is 22.6. The molecule has 0 bridgehead atoms. The highest BCUT2D eigenvalue weighted by Crippen LogP contribution is 2.49. The van der Waals surface area contributed by atoms with Crippen molar-refractivity contribution in [1.82, 2.24) is 0 Å². The molecule has 0 fully saturated rings. The lowest BCUT2D eigenvalue weighted by molar-refractivity contribution is 0.306. The molecule has 8 heteroatoms. The van der Waals surface area contributed by atoms with Gasteiger partial charge in [0.05, 0.1) is 6.61 Å². The second kappa shape index (κ2) is 10.8. The Morgan fingerprint density at radius 2 is 1.35 bits per heavy atom. The number of unbranched alkanes of at least 4 members (excludes halogenated alkanes) is 2. The number of anilines is 1. The van der Waals surface area contributed by atoms with Crippen LogP contribution in [0.5, 0.6) is 17.2 Å². The third kappa shape index (κ3) is 6.72. The first-order valence-electron chi connectivity index (χ1n) is 9.98. The average molecular weight is 447 g/mol. The van der Waals surface area contributed by atoms with Crippen molar-refractivity contribution in [3.63, 3.8) is 0 Å². The van der Waals surface area contributed by atoms with Gasteiger partial charge in [0.1, 0.15) is 5.75 Å². The van der Waals surface area contributed by atoms with Gasteiger partial charge in [-0.1, -0.05) is 44.0 Å². The van der Waals surface area contributed by atoms with E-state index in [-0.39, 0.29) is 11.5 Å². The third-order valence-corrected chi connectivity index (χ3v) is 5.65. The van der Waals surface area contributed by atoms with E-state index < -0.39 is 19.4 Å². The Bertz CT molecular complexity index is 979. The van der Waals surface area contributed by atoms with E-state index >= 15 is 0 Å². The van der Waals surface area contributed by atoms with Crippen molar-refractivity contribution >= 4 is 13.4 Å². The van der Waals surface area contributed by atoms with Crippen molar-refractivity contribution in [3.8, 4) is 17.2 Å². The zero-order chi connectivity index (χ0) is 22.1. The predicted octanol–water partition coefficient (Wildman–Crippen LogP) is 7.21. The maximum atomic E-state index is 14.1. The molecular formula is C23H24F2NO4P. The Hall–Kier alpha value is -3.05. The lowest BCUT2D eigenvalue weighted by Crippen LogP contribution is -2.11. The summed E-state index contributed by atoms with van der Waals surface area (Å²) in [6.07, 6.45) is 3.15. The number of nitrogens with one attached hydrogen (secondary N) is 1. The van der Waals surface area contributed by atoms with Gasteiger partial charge in [-0.2, -0.15) is 0 Å². The van der Waals surface area contributed by atoms with Crippen LogP contribution in [0.15, 0.2) is 72.8 Å². The molecular weight excluding hydrogens is 423 g/mol. The third-order valence-electron chi connectivity index (χ3n) is 4.25. The SMILES string of the molecule is CCCCCOc1ccc(NP(=O)(Oc2ccccc2F)Oc2ccccc2F)cc1. The molecule has 0 radical (unpaired) electrons. The molecule has 0 aliphatic heterocycles. The van der Waals surface area contributed by atoms with E-state index in [2.05, 4.69) is 12.0 Å². The van der Waals surface area contributed by atoms with E-state index in [0.29, 0.717) is 18.0 Å². The molecule has 1 N–H and O–H groups in total. The van der Waals surface area contributed by atoms with Crippen LogP contribution in [0.1, 0.15) is 26.2 Å². The monoisotopic (exact) mass is 447 g/mol. The Morgan fingerprint density at radius 3 is 1.87 bits per heavy atom. The first-order chi connectivity index (χ1) is 15.0. The fourth-order valence-corrected chi connectivity index (χ4v) is 4.09. The standard InChI is InChI=1S/C23H24F2NO4P/c1-2-3-8-17-28-19-15-13-18(14-16-19)26-31(27,29-22-11-6-4-9-20(22)24)30-23-12-7-5-10-21(23)25/h4-7,9-16H,2-3,8,17H2,1H3,(H,26,27). The topological polar surface area (TPSA) is 56.8 Å². The van der Waals surface area contributed by atoms with Gasteiger partial charge in [-0.15, -0.1) is 0 Å². The minimum absolute atomic E-state index is 0.287. The molecule has 0 aliphatic rings. The fraction of sp³-hybridized carbons (Fsp3) is 0.217. The Kier molecular flexibility index (Phi) is 7.90. The van der Waals surface area contributed by atoms with Gasteiger partial charge >= 0.3 is 7.75 Å². The molecule has 31 heavy (non-hydrogen) atoms. The minimum Gasteiger partial charge on any atom is -0.494 e. The lowest BCUT2D eigenvalue weighted by Gasteiger charge is -2.21. The maximum Gasteiger partial charge on any atom is 0.541 e. The van der Waals surface area contributed by atoms with E-state index in [1.54, 1.807) is 24.3 Å². The second-order valence-electron chi connectivity index (χ2n) is 6.73. The van der Waals surface area contributed by atoms with Crippen molar-refractivity contribution in [2.45, 2.75) is 26.2 Å². The number of hydrogen-bond acceptors (Lipinski definition) is 4. The van der Waals surface area contributed by atoms with Gasteiger partial charge in [0, 0.05) is 5.69 Å². The van der Waals surface area contributed by atoms with Crippen LogP contribution in [0.4, 0.5) is 14.5 Å². The second-order valence-corrected chi connectivity index (χ2v) is 8.32. The van der Waals surface area contributed by atoms with E-state index in [4.69, 9.17) is 13.8 Å². The zero-order valence-corrected chi connectivity index (χ0v) is 18.0. The van der Waals surface area contributed by atoms with Gasteiger partial charge in [-0.3, -0.25) is 5.09 Å². The number of benzene rings is 3. The summed E-state index contributed by atoms with van der Waals surface area (Å²) in [5, 5.41) is 2.63. The summed E-state index contributed by atoms with van der Waals surface area (Å²) < 4.78 is 58.0. The molecule has 0 spiro atoms. The molecule has 164 valence electrons. The molecule has 0 saturated heterocycles. The predicted molar refractivity (Wildman–Crippen MR) is 117 cm³/mol. The Labute approximate surface area is 180 Å². The molecule has 3 rings (SSSR count). The molecule has 3 aromatic carbocycles. The van der Waals surface area contributed by atoms with Crippen LogP contribution in [0, 0.1) is 11.6 Å². The van der Waals surface area contributed by atoms with Crippen LogP contribution in [0.25, 0.3) is 0 Å². The van der Waals surface area contributed by atoms with Gasteiger partial charge in [0.2, 0.25) is 0 Å². The molecule has 5 nitrogen and oxygen atoms in total. The van der Waals surface area contributed by atoms with Crippen molar-refractivity contribution in [2.24, 2.45) is 0 Å². The minimum atomic E-state index is -4.26. The summed E-state index contributed by atoms with van der Waals surface area (Å²) >= 11 is 0. The molecule has 3 aromatic rings. The lowest BCUT2D eigenvalue weighted by atomic mass is 10.2. The molecule has 0 aliphatic carbocycles. The van der Waals surface area contributed by atoms with Crippen molar-refractivity contribution in [1.29, 1.82) is 0 Å². The van der Waals surface area contributed by atoms with Crippen LogP contribution < -0.4 is 18.9 Å². The summed E-state index contributed by atoms with van der Waals surface area (Å²) in [7, 11) is -4.26. The van der Waals surface area contributed by atoms with Crippen LogP contribution >= 0.6 is 7.75 Å². The normalized spacial score (nSPS) is 11.1. The van der Waals surface area contributed by atoms with Crippen molar-refractivity contribution in [3.05, 3.63) is 84.4 Å². The molecule has 0 unspecified atom stereocenters. The summed E-state index contributed by atoms with van der Waals surface area (Å²) in [4.78, 5) is 0. The van der Waals surface area contributed by atoms with Crippen molar-refractivity contribution in [2.75, 3.05) is 11.7 Å². The van der Waals surface area contributed by atoms with Gasteiger partial charge < -0.3 is 13.8 Å². The highest BCUT2D eigenvalue weighted by molar-refractivity contribution is 7.56. The summed E-state index contributed by atoms with van der Waals surface area (Å²) in [6, 6.07) is 17.6. The Balaban J connectivity index is 1.78. The van der Waals surface area contributed by atoms with E-state index in [9.17, 15) is 13.3 Å². The Morgan fingerprint density at radius 1 is 0.806 bits per heavy atom. The molecule has 0 amide bonds. The smallest absolute Gasteiger partial charge is 0.494 e. The number of halogens is 2. The number of para-hydroxylation sites is 2. The summed E-state index contributed by atoms with van der Waals surface area (Å²) in [5.41, 5.74) is 0.372. The average Bonchev–Trinajstić information content (AvgIpc) is 2.76.